The third-order valence-electron chi connectivity index (χ3n) is 2.44. The van der Waals surface area contributed by atoms with Crippen molar-refractivity contribution in [3.05, 3.63) is 27.9 Å². The molecule has 1 aromatic carbocycles. The van der Waals surface area contributed by atoms with E-state index in [4.69, 9.17) is 0 Å². The van der Waals surface area contributed by atoms with Crippen molar-refractivity contribution in [2.24, 2.45) is 0 Å². The highest BCUT2D eigenvalue weighted by Gasteiger charge is 2.30. The molecule has 2 heterocycles. The van der Waals surface area contributed by atoms with E-state index in [1.165, 1.54) is 6.07 Å². The van der Waals surface area contributed by atoms with Gasteiger partial charge < -0.3 is 4.18 Å². The molecule has 0 amide bonds. The van der Waals surface area contributed by atoms with Crippen LogP contribution in [-0.4, -0.2) is 23.3 Å². The molecule has 9 nitrogen and oxygen atoms in total. The smallest absolute Gasteiger partial charge is 0.350 e. The van der Waals surface area contributed by atoms with Crippen LogP contribution in [0.25, 0.3) is 10.9 Å². The number of hydrogen-bond donors (Lipinski definition) is 0. The zero-order valence-corrected chi connectivity index (χ0v) is 9.67. The second-order valence-corrected chi connectivity index (χ2v) is 4.75. The van der Waals surface area contributed by atoms with Gasteiger partial charge in [-0.25, -0.2) is 4.28 Å². The van der Waals surface area contributed by atoms with Crippen LogP contribution in [0, 0.1) is 17.0 Å². The molecule has 0 N–H and O–H groups in total. The SMILES string of the molecule is Cc1nn2c3cc([N+](=O)[O-])cc(c13)OS(=O)(=O)O2. The molecule has 2 aromatic rings. The van der Waals surface area contributed by atoms with Crippen molar-refractivity contribution < 1.29 is 21.8 Å². The Morgan fingerprint density at radius 3 is 2.83 bits per heavy atom. The molecule has 18 heavy (non-hydrogen) atoms. The Kier molecular flexibility index (Phi) is 1.86. The van der Waals surface area contributed by atoms with Crippen LogP contribution in [-0.2, 0) is 10.4 Å². The van der Waals surface area contributed by atoms with Crippen molar-refractivity contribution in [1.29, 1.82) is 0 Å². The van der Waals surface area contributed by atoms with Gasteiger partial charge in [0.15, 0.2) is 5.75 Å². The van der Waals surface area contributed by atoms with Gasteiger partial charge in [0.1, 0.15) is 5.52 Å². The summed E-state index contributed by atoms with van der Waals surface area (Å²) in [6, 6.07) is 2.19. The molecule has 0 aliphatic carbocycles. The molecule has 10 heteroatoms. The first kappa shape index (κ1) is 10.8. The number of aromatic nitrogens is 2. The van der Waals surface area contributed by atoms with E-state index in [1.54, 1.807) is 6.92 Å². The number of nitro groups is 1. The predicted molar refractivity (Wildman–Crippen MR) is 57.3 cm³/mol. The van der Waals surface area contributed by atoms with Crippen molar-refractivity contribution in [2.45, 2.75) is 6.92 Å². The lowest BCUT2D eigenvalue weighted by Crippen LogP contribution is -2.24. The van der Waals surface area contributed by atoms with Gasteiger partial charge in [0.2, 0.25) is 0 Å². The molecular formula is C8H5N3O6S. The minimum absolute atomic E-state index is 0.165. The molecule has 1 aromatic heterocycles. The van der Waals surface area contributed by atoms with Crippen LogP contribution in [0.4, 0.5) is 5.69 Å². The molecule has 4 bridgehead atoms. The van der Waals surface area contributed by atoms with Crippen molar-refractivity contribution >= 4 is 27.0 Å². The largest absolute Gasteiger partial charge is 0.521 e. The molecule has 3 rings (SSSR count). The van der Waals surface area contributed by atoms with Crippen molar-refractivity contribution in [1.82, 2.24) is 9.94 Å². The highest BCUT2D eigenvalue weighted by Crippen LogP contribution is 2.35. The second kappa shape index (κ2) is 3.10. The van der Waals surface area contributed by atoms with E-state index in [2.05, 4.69) is 13.6 Å². The van der Waals surface area contributed by atoms with E-state index in [0.717, 1.165) is 6.07 Å². The maximum Gasteiger partial charge on any atom is 0.521 e. The topological polar surface area (TPSA) is 114 Å². The molecule has 1 aliphatic rings. The number of rotatable bonds is 1. The Bertz CT molecular complexity index is 793. The molecule has 0 fully saturated rings. The van der Waals surface area contributed by atoms with Gasteiger partial charge in [-0.15, -0.1) is 13.5 Å². The van der Waals surface area contributed by atoms with E-state index >= 15 is 0 Å². The molecule has 0 spiro atoms. The summed E-state index contributed by atoms with van der Waals surface area (Å²) in [5, 5.41) is 14.9. The van der Waals surface area contributed by atoms with Gasteiger partial charge in [0.05, 0.1) is 22.1 Å². The van der Waals surface area contributed by atoms with E-state index < -0.39 is 15.3 Å². The van der Waals surface area contributed by atoms with Crippen molar-refractivity contribution in [2.75, 3.05) is 0 Å². The minimum atomic E-state index is -4.32. The fraction of sp³-hybridized carbons (Fsp3) is 0.125. The average molecular weight is 271 g/mol. The van der Waals surface area contributed by atoms with Crippen LogP contribution in [0.2, 0.25) is 0 Å². The Hall–Kier alpha value is -2.36. The standard InChI is InChI=1S/C8H5N3O6S/c1-4-8-6-2-5(11(12)13)3-7(8)16-18(14,15)17-10(6)9-4/h2-3H,1H3. The normalized spacial score (nSPS) is 16.1. The Labute approximate surface area is 100.0 Å². The van der Waals surface area contributed by atoms with Crippen molar-refractivity contribution in [3.8, 4) is 5.75 Å². The van der Waals surface area contributed by atoms with Crippen molar-refractivity contribution in [3.63, 3.8) is 0 Å². The van der Waals surface area contributed by atoms with E-state index in [-0.39, 0.29) is 17.0 Å². The quantitative estimate of drug-likeness (QED) is 0.542. The molecule has 0 saturated heterocycles. The number of benzene rings is 1. The van der Waals surface area contributed by atoms with E-state index in [0.29, 0.717) is 15.9 Å². The van der Waals surface area contributed by atoms with Crippen LogP contribution in [0.3, 0.4) is 0 Å². The summed E-state index contributed by atoms with van der Waals surface area (Å²) in [5.41, 5.74) is 0.307. The number of aryl methyl sites for hydroxylation is 1. The van der Waals surface area contributed by atoms with Crippen LogP contribution in [0.5, 0.6) is 5.75 Å². The first-order valence-electron chi connectivity index (χ1n) is 4.69. The third kappa shape index (κ3) is 1.39. The molecule has 94 valence electrons. The fourth-order valence-corrected chi connectivity index (χ4v) is 2.45. The number of nitrogens with zero attached hydrogens (tertiary/aromatic N) is 3. The maximum atomic E-state index is 11.4. The fourth-order valence-electron chi connectivity index (χ4n) is 1.78. The lowest BCUT2D eigenvalue weighted by molar-refractivity contribution is -0.384. The Balaban J connectivity index is 2.46. The molecule has 1 aliphatic heterocycles. The first-order chi connectivity index (χ1) is 8.37. The monoisotopic (exact) mass is 271 g/mol. The van der Waals surface area contributed by atoms with Gasteiger partial charge in [-0.1, -0.05) is 4.85 Å². The Morgan fingerprint density at radius 1 is 1.44 bits per heavy atom. The third-order valence-corrected chi connectivity index (χ3v) is 3.15. The Morgan fingerprint density at radius 2 is 2.17 bits per heavy atom. The lowest BCUT2D eigenvalue weighted by atomic mass is 10.2. The van der Waals surface area contributed by atoms with Gasteiger partial charge >= 0.3 is 10.4 Å². The summed E-state index contributed by atoms with van der Waals surface area (Å²) in [4.78, 5) is 10.8. The lowest BCUT2D eigenvalue weighted by Gasteiger charge is -2.04. The molecular weight excluding hydrogens is 266 g/mol. The van der Waals surface area contributed by atoms with Gasteiger partial charge in [-0.2, -0.15) is 0 Å². The van der Waals surface area contributed by atoms with E-state index in [1.807, 2.05) is 0 Å². The van der Waals surface area contributed by atoms with Gasteiger partial charge in [0.25, 0.3) is 5.69 Å². The van der Waals surface area contributed by atoms with E-state index in [9.17, 15) is 18.5 Å². The minimum Gasteiger partial charge on any atom is -0.350 e. The highest BCUT2D eigenvalue weighted by atomic mass is 32.3. The van der Waals surface area contributed by atoms with Crippen LogP contribution in [0.1, 0.15) is 5.69 Å². The van der Waals surface area contributed by atoms with Crippen LogP contribution >= 0.6 is 0 Å². The maximum absolute atomic E-state index is 11.4. The second-order valence-electron chi connectivity index (χ2n) is 3.62. The number of nitro benzene ring substituents is 1. The predicted octanol–water partition coefficient (Wildman–Crippen LogP) is 0.319. The van der Waals surface area contributed by atoms with Gasteiger partial charge in [-0.3, -0.25) is 10.1 Å². The summed E-state index contributed by atoms with van der Waals surface area (Å²) in [6.07, 6.45) is 0. The zero-order valence-electron chi connectivity index (χ0n) is 8.85. The zero-order chi connectivity index (χ0) is 13.1. The van der Waals surface area contributed by atoms with Gasteiger partial charge in [0, 0.05) is 6.07 Å². The summed E-state index contributed by atoms with van der Waals surface area (Å²) in [5.74, 6) is -0.166. The number of hydrogen-bond acceptors (Lipinski definition) is 7. The summed E-state index contributed by atoms with van der Waals surface area (Å²) in [6.45, 7) is 1.61. The summed E-state index contributed by atoms with van der Waals surface area (Å²) < 4.78 is 31.9. The molecule has 0 unspecified atom stereocenters. The van der Waals surface area contributed by atoms with Crippen LogP contribution < -0.4 is 8.47 Å². The molecule has 0 saturated carbocycles. The first-order valence-corrected chi connectivity index (χ1v) is 6.03. The molecule has 0 radical (unpaired) electrons. The number of non-ortho nitro benzene ring substituents is 1. The van der Waals surface area contributed by atoms with Gasteiger partial charge in [-0.05, 0) is 6.92 Å². The summed E-state index contributed by atoms with van der Waals surface area (Å²) >= 11 is 0. The average Bonchev–Trinajstić information content (AvgIpc) is 2.50. The molecule has 0 atom stereocenters. The highest BCUT2D eigenvalue weighted by molar-refractivity contribution is 7.82. The van der Waals surface area contributed by atoms with Crippen LogP contribution in [0.15, 0.2) is 12.1 Å². The summed E-state index contributed by atoms with van der Waals surface area (Å²) in [7, 11) is -4.32.